The van der Waals surface area contributed by atoms with Crippen molar-refractivity contribution in [3.63, 3.8) is 0 Å². The van der Waals surface area contributed by atoms with Gasteiger partial charge in [0, 0.05) is 36.0 Å². The Morgan fingerprint density at radius 1 is 1.28 bits per heavy atom. The van der Waals surface area contributed by atoms with E-state index in [1.807, 2.05) is 51.1 Å². The molecular formula is C22H28N4O2S. The Kier molecular flexibility index (Phi) is 6.92. The first-order valence-corrected chi connectivity index (χ1v) is 10.8. The number of methoxy groups -OCH3 is 1. The highest BCUT2D eigenvalue weighted by Crippen LogP contribution is 2.26. The number of hydrogen-bond acceptors (Lipinski definition) is 6. The number of nitrogens with zero attached hydrogens (tertiary/aromatic N) is 3. The van der Waals surface area contributed by atoms with Crippen LogP contribution < -0.4 is 5.32 Å². The van der Waals surface area contributed by atoms with E-state index in [0.29, 0.717) is 17.5 Å². The molecule has 0 fully saturated rings. The predicted octanol–water partition coefficient (Wildman–Crippen LogP) is 4.66. The minimum Gasteiger partial charge on any atom is -0.383 e. The summed E-state index contributed by atoms with van der Waals surface area (Å²) in [5.74, 6) is 1.19. The Hall–Kier alpha value is -2.38. The lowest BCUT2D eigenvalue weighted by atomic mass is 10.2. The maximum atomic E-state index is 12.9. The molecule has 29 heavy (non-hydrogen) atoms. The second-order valence-electron chi connectivity index (χ2n) is 7.07. The number of rotatable bonds is 9. The predicted molar refractivity (Wildman–Crippen MR) is 119 cm³/mol. The zero-order valence-corrected chi connectivity index (χ0v) is 18.5. The van der Waals surface area contributed by atoms with Crippen LogP contribution in [0.5, 0.6) is 0 Å². The second-order valence-corrected chi connectivity index (χ2v) is 8.02. The molecule has 2 heterocycles. The molecular weight excluding hydrogens is 384 g/mol. The van der Waals surface area contributed by atoms with E-state index in [1.165, 1.54) is 11.8 Å². The van der Waals surface area contributed by atoms with Gasteiger partial charge in [0.2, 0.25) is 0 Å². The molecule has 0 radical (unpaired) electrons. The average molecular weight is 413 g/mol. The van der Waals surface area contributed by atoms with Crippen molar-refractivity contribution in [2.24, 2.45) is 0 Å². The molecule has 0 bridgehead atoms. The first-order valence-electron chi connectivity index (χ1n) is 9.80. The quantitative estimate of drug-likeness (QED) is 0.313. The van der Waals surface area contributed by atoms with Crippen molar-refractivity contribution in [1.29, 1.82) is 0 Å². The number of para-hydroxylation sites is 1. The molecule has 7 heteroatoms. The minimum atomic E-state index is 0.0840. The number of ketones is 1. The molecule has 0 aliphatic heterocycles. The van der Waals surface area contributed by atoms with Crippen LogP contribution in [0.25, 0.3) is 10.9 Å². The van der Waals surface area contributed by atoms with Gasteiger partial charge in [0.05, 0.1) is 23.9 Å². The van der Waals surface area contributed by atoms with Gasteiger partial charge in [-0.3, -0.25) is 4.79 Å². The second kappa shape index (κ2) is 9.41. The van der Waals surface area contributed by atoms with Crippen LogP contribution in [0, 0.1) is 13.8 Å². The fourth-order valence-corrected chi connectivity index (χ4v) is 4.42. The highest BCUT2D eigenvalue weighted by Gasteiger charge is 2.19. The summed E-state index contributed by atoms with van der Waals surface area (Å²) in [6, 6.07) is 10.1. The molecule has 1 N–H and O–H groups in total. The molecule has 1 atom stereocenters. The monoisotopic (exact) mass is 412 g/mol. The molecule has 3 rings (SSSR count). The first kappa shape index (κ1) is 21.3. The summed E-state index contributed by atoms with van der Waals surface area (Å²) in [5, 5.41) is 4.88. The fourth-order valence-electron chi connectivity index (χ4n) is 3.68. The van der Waals surface area contributed by atoms with Gasteiger partial charge in [0.1, 0.15) is 5.82 Å². The molecule has 0 saturated carbocycles. The van der Waals surface area contributed by atoms with Gasteiger partial charge in [0.25, 0.3) is 0 Å². The number of Topliss-reactive ketones (excluding diaryl/α,β-unsaturated/α-hetero) is 1. The molecule has 1 aromatic carbocycles. The number of carbonyl (C=O) groups is 1. The lowest BCUT2D eigenvalue weighted by Crippen LogP contribution is -2.14. The summed E-state index contributed by atoms with van der Waals surface area (Å²) in [6.07, 6.45) is 0. The van der Waals surface area contributed by atoms with E-state index >= 15 is 0 Å². The Balaban J connectivity index is 1.80. The van der Waals surface area contributed by atoms with Crippen molar-refractivity contribution >= 4 is 34.3 Å². The number of benzene rings is 1. The average Bonchev–Trinajstić information content (AvgIpc) is 3.01. The van der Waals surface area contributed by atoms with Gasteiger partial charge < -0.3 is 14.6 Å². The third-order valence-electron chi connectivity index (χ3n) is 4.89. The summed E-state index contributed by atoms with van der Waals surface area (Å²) >= 11 is 1.37. The van der Waals surface area contributed by atoms with Crippen molar-refractivity contribution in [2.45, 2.75) is 38.9 Å². The van der Waals surface area contributed by atoms with Gasteiger partial charge in [0.15, 0.2) is 10.9 Å². The van der Waals surface area contributed by atoms with Crippen molar-refractivity contribution in [3.05, 3.63) is 47.3 Å². The third-order valence-corrected chi connectivity index (χ3v) is 5.74. The maximum absolute atomic E-state index is 12.9. The maximum Gasteiger partial charge on any atom is 0.190 e. The number of thioether (sulfide) groups is 1. The molecule has 0 saturated heterocycles. The van der Waals surface area contributed by atoms with Gasteiger partial charge in [-0.15, -0.1) is 0 Å². The zero-order valence-electron chi connectivity index (χ0n) is 17.7. The minimum absolute atomic E-state index is 0.0840. The van der Waals surface area contributed by atoms with E-state index in [2.05, 4.69) is 26.8 Å². The molecule has 154 valence electrons. The van der Waals surface area contributed by atoms with E-state index < -0.39 is 0 Å². The Labute approximate surface area is 176 Å². The highest BCUT2D eigenvalue weighted by molar-refractivity contribution is 7.99. The molecule has 2 aromatic heterocycles. The number of ether oxygens (including phenoxy) is 1. The number of hydrogen-bond donors (Lipinski definition) is 1. The molecule has 0 spiro atoms. The SMILES string of the molecule is CCNc1nc(SCC(=O)c2cc(C)n(C(C)COC)c2C)nc2ccccc12. The van der Waals surface area contributed by atoms with Crippen molar-refractivity contribution < 1.29 is 9.53 Å². The summed E-state index contributed by atoms with van der Waals surface area (Å²) in [6.45, 7) is 9.53. The standard InChI is InChI=1S/C22H28N4O2S/c1-6-23-21-17-9-7-8-10-19(17)24-22(25-21)29-13-20(27)18-11-14(2)26(16(18)4)15(3)12-28-5/h7-11,15H,6,12-13H2,1-5H3,(H,23,24,25). The zero-order chi connectivity index (χ0) is 21.0. The van der Waals surface area contributed by atoms with E-state index in [9.17, 15) is 4.79 Å². The summed E-state index contributed by atoms with van der Waals surface area (Å²) in [5.41, 5.74) is 3.67. The number of fused-ring (bicyclic) bond motifs is 1. The summed E-state index contributed by atoms with van der Waals surface area (Å²) < 4.78 is 7.44. The van der Waals surface area contributed by atoms with E-state index in [0.717, 1.165) is 40.2 Å². The fraction of sp³-hybridized carbons (Fsp3) is 0.409. The molecule has 0 aliphatic carbocycles. The lowest BCUT2D eigenvalue weighted by Gasteiger charge is -2.17. The van der Waals surface area contributed by atoms with E-state index in [1.54, 1.807) is 7.11 Å². The topological polar surface area (TPSA) is 69.0 Å². The van der Waals surface area contributed by atoms with Gasteiger partial charge in [-0.05, 0) is 45.9 Å². The van der Waals surface area contributed by atoms with Crippen LogP contribution in [0.2, 0.25) is 0 Å². The van der Waals surface area contributed by atoms with E-state index in [4.69, 9.17) is 4.74 Å². The van der Waals surface area contributed by atoms with Crippen LogP contribution in [0.15, 0.2) is 35.5 Å². The molecule has 6 nitrogen and oxygen atoms in total. The van der Waals surface area contributed by atoms with Crippen molar-refractivity contribution in [2.75, 3.05) is 31.3 Å². The van der Waals surface area contributed by atoms with Crippen molar-refractivity contribution in [3.8, 4) is 0 Å². The number of carbonyl (C=O) groups excluding carboxylic acids is 1. The van der Waals surface area contributed by atoms with Crippen LogP contribution in [-0.4, -0.2) is 46.3 Å². The van der Waals surface area contributed by atoms with Crippen LogP contribution in [0.1, 0.15) is 41.6 Å². The van der Waals surface area contributed by atoms with Crippen LogP contribution in [-0.2, 0) is 4.74 Å². The number of aryl methyl sites for hydroxylation is 1. The van der Waals surface area contributed by atoms with Gasteiger partial charge in [-0.25, -0.2) is 9.97 Å². The normalized spacial score (nSPS) is 12.3. The molecule has 3 aromatic rings. The Morgan fingerprint density at radius 2 is 2.03 bits per heavy atom. The molecule has 0 amide bonds. The number of nitrogens with one attached hydrogen (secondary N) is 1. The highest BCUT2D eigenvalue weighted by atomic mass is 32.2. The lowest BCUT2D eigenvalue weighted by molar-refractivity contribution is 0.102. The van der Waals surface area contributed by atoms with Gasteiger partial charge in [-0.1, -0.05) is 23.9 Å². The molecule has 1 unspecified atom stereocenters. The third kappa shape index (κ3) is 4.62. The van der Waals surface area contributed by atoms with Crippen molar-refractivity contribution in [1.82, 2.24) is 14.5 Å². The number of anilines is 1. The largest absolute Gasteiger partial charge is 0.383 e. The van der Waals surface area contributed by atoms with Gasteiger partial charge >= 0.3 is 0 Å². The number of aromatic nitrogens is 3. The van der Waals surface area contributed by atoms with Crippen LogP contribution in [0.4, 0.5) is 5.82 Å². The Morgan fingerprint density at radius 3 is 2.76 bits per heavy atom. The Bertz CT molecular complexity index is 1020. The van der Waals surface area contributed by atoms with Crippen LogP contribution in [0.3, 0.4) is 0 Å². The summed E-state index contributed by atoms with van der Waals surface area (Å²) in [7, 11) is 1.69. The van der Waals surface area contributed by atoms with Gasteiger partial charge in [-0.2, -0.15) is 0 Å². The van der Waals surface area contributed by atoms with E-state index in [-0.39, 0.29) is 11.8 Å². The first-order chi connectivity index (χ1) is 14.0. The molecule has 0 aliphatic rings. The van der Waals surface area contributed by atoms with Crippen LogP contribution >= 0.6 is 11.8 Å². The summed E-state index contributed by atoms with van der Waals surface area (Å²) in [4.78, 5) is 22.2. The smallest absolute Gasteiger partial charge is 0.190 e.